The molecule has 0 bridgehead atoms. The van der Waals surface area contributed by atoms with Crippen LogP contribution in [0.5, 0.6) is 0 Å². The van der Waals surface area contributed by atoms with Crippen molar-refractivity contribution in [2.75, 3.05) is 72.1 Å². The Labute approximate surface area is 679 Å². The first-order valence-corrected chi connectivity index (χ1v) is 48.8. The normalized spacial score (nSPS) is 14.5. The van der Waals surface area contributed by atoms with E-state index in [1.807, 2.05) is 90.3 Å². The highest BCUT2D eigenvalue weighted by Gasteiger charge is 2.41. The van der Waals surface area contributed by atoms with Gasteiger partial charge in [-0.2, -0.15) is 4.98 Å². The maximum Gasteiger partial charge on any atom is 0.326 e. The van der Waals surface area contributed by atoms with Crippen molar-refractivity contribution >= 4 is 153 Å². The number of imide groups is 1. The molecule has 9 rings (SSSR count). The lowest BCUT2D eigenvalue weighted by atomic mass is 9.93. The van der Waals surface area contributed by atoms with Crippen molar-refractivity contribution in [1.29, 1.82) is 0 Å². The van der Waals surface area contributed by atoms with Crippen molar-refractivity contribution in [3.8, 4) is 22.5 Å². The van der Waals surface area contributed by atoms with E-state index in [1.54, 1.807) is 0 Å². The van der Waals surface area contributed by atoms with E-state index in [9.17, 15) is 84.7 Å². The molecule has 3 aromatic heterocycles. The average molecular weight is 1710 g/mol. The fourth-order valence-corrected chi connectivity index (χ4v) is 27.2. The van der Waals surface area contributed by atoms with E-state index >= 15 is 0 Å². The standard InChI is InChI=1S/C76H94N14O20S4Si2/c1-9-88(10-2)50-18-22-54-60(33-50)109-61-34-51(89(11-3)12-4)19-23-55(61)66(54)56-24-21-53(35-63(56)114(106,107)108)113(104,105)28-26-44-38-81-76(82-39-44)112-43-116(7,8)110-115(5,6)29-13-27-90-64(93)36-62(72(90)99)111-42-47(73(100)101)31-59(92)58(37-77)85-70(97)46(32-65(94)95)30-52(91)20-25-57(74(102)103)84-69(96)45-14-16-48(17-15-45)79-40-49-41-80-68-67(83-49)71(98)87-75(78)86-68/h14-19,21-24,33-35,38-39,41,46-47,57-58,62H,9-13,20,25-32,36-37,40,42-43,77H2,1-8H3,(H9-,78,79,80,84,85,86,87,94,95,96,97,98,100,101,102,103,106,107,108)/t46-,47-,57-,58-,62?/m0/s1. The third-order valence-electron chi connectivity index (χ3n) is 19.5. The van der Waals surface area contributed by atoms with Crippen LogP contribution in [0.15, 0.2) is 122 Å². The van der Waals surface area contributed by atoms with Crippen molar-refractivity contribution in [2.24, 2.45) is 17.6 Å². The van der Waals surface area contributed by atoms with Gasteiger partial charge in [-0.05, 0) is 139 Å². The lowest BCUT2D eigenvalue weighted by molar-refractivity contribution is -0.144. The molecular weight excluding hydrogens is 1610 g/mol. The summed E-state index contributed by atoms with van der Waals surface area (Å²) >= 11 is 2.24. The van der Waals surface area contributed by atoms with E-state index in [0.29, 0.717) is 94.0 Å². The van der Waals surface area contributed by atoms with Gasteiger partial charge in [-0.25, -0.2) is 46.1 Å². The number of carbonyl (C=O) groups is 9. The summed E-state index contributed by atoms with van der Waals surface area (Å²) in [7, 11) is -14.4. The van der Waals surface area contributed by atoms with Gasteiger partial charge in [-0.15, -0.1) is 11.8 Å². The zero-order valence-electron chi connectivity index (χ0n) is 65.2. The third-order valence-corrected chi connectivity index (χ3v) is 33.3. The summed E-state index contributed by atoms with van der Waals surface area (Å²) in [6, 6.07) is 18.0. The van der Waals surface area contributed by atoms with Crippen LogP contribution >= 0.6 is 23.5 Å². The Morgan fingerprint density at radius 3 is 2.16 bits per heavy atom. The lowest BCUT2D eigenvalue weighted by Crippen LogP contribution is -2.49. The number of nitrogens with one attached hydrogen (secondary N) is 4. The number of H-pyrrole nitrogens is 1. The molecule has 11 N–H and O–H groups in total. The van der Waals surface area contributed by atoms with Crippen LogP contribution in [0.3, 0.4) is 0 Å². The fraction of sp³-hybridized carbons (Fsp3) is 0.421. The summed E-state index contributed by atoms with van der Waals surface area (Å²) in [6.45, 7) is 18.7. The molecule has 1 aliphatic carbocycles. The largest absolute Gasteiger partial charge is 0.744 e. The van der Waals surface area contributed by atoms with Gasteiger partial charge in [0.15, 0.2) is 48.6 Å². The second-order valence-corrected chi connectivity index (χ2v) is 43.9. The molecule has 40 heteroatoms. The van der Waals surface area contributed by atoms with Crippen LogP contribution in [0.25, 0.3) is 44.6 Å². The summed E-state index contributed by atoms with van der Waals surface area (Å²) in [4.78, 5) is 155. The van der Waals surface area contributed by atoms with E-state index in [1.165, 1.54) is 66.8 Å². The number of aryl methyl sites for hydroxylation is 1. The highest BCUT2D eigenvalue weighted by Crippen LogP contribution is 2.44. The van der Waals surface area contributed by atoms with E-state index in [0.717, 1.165) is 33.8 Å². The smallest absolute Gasteiger partial charge is 0.326 e. The van der Waals surface area contributed by atoms with Crippen LogP contribution in [0, 0.1) is 11.8 Å². The molecule has 0 radical (unpaired) electrons. The number of nitrogen functional groups attached to an aromatic ring is 1. The highest BCUT2D eigenvalue weighted by atomic mass is 32.2. The molecule has 0 spiro atoms. The molecule has 5 heterocycles. The fourth-order valence-electron chi connectivity index (χ4n) is 13.5. The molecule has 116 heavy (non-hydrogen) atoms. The summed E-state index contributed by atoms with van der Waals surface area (Å²) in [5.74, 6) is -12.4. The number of nitrogens with two attached hydrogens (primary N) is 2. The monoisotopic (exact) mass is 1710 g/mol. The quantitative estimate of drug-likeness (QED) is 0.00407. The number of likely N-dealkylation sites (tertiary alicyclic amines) is 1. The van der Waals surface area contributed by atoms with Gasteiger partial charge in [0.05, 0.1) is 69.6 Å². The Kier molecular flexibility index (Phi) is 30.3. The number of thioether (sulfide) groups is 2. The van der Waals surface area contributed by atoms with Crippen molar-refractivity contribution < 1.29 is 88.4 Å². The average Bonchev–Trinajstić information content (AvgIpc) is 0.806. The number of aromatic nitrogens is 6. The molecule has 34 nitrogen and oxygen atoms in total. The van der Waals surface area contributed by atoms with Gasteiger partial charge in [0.1, 0.15) is 46.4 Å². The predicted molar refractivity (Wildman–Crippen MR) is 439 cm³/mol. The third kappa shape index (κ3) is 23.6. The summed E-state index contributed by atoms with van der Waals surface area (Å²) in [5.41, 5.74) is 14.6. The predicted octanol–water partition coefficient (Wildman–Crippen LogP) is 5.92. The van der Waals surface area contributed by atoms with E-state index in [-0.39, 0.29) is 64.8 Å². The molecule has 3 aromatic carbocycles. The first-order valence-electron chi connectivity index (χ1n) is 37.5. The van der Waals surface area contributed by atoms with Crippen LogP contribution in [0.4, 0.5) is 17.3 Å². The SMILES string of the molecule is CCN(CC)c1ccc2c(-c3ccc(S(=O)(=O)CCc4cnc(SC[Si](C)(C)O[Si](C)(C)CCCN5C(=O)CC(SC[C@H](CC(=O)[C@H](CN)NC(=O)[C@H](CC(=O)O)CC(=O)CC[C@H](NC(=O)c6ccc(NCc7cnc8nc(N)[nH]c(=O)c8n7)cc6)C(=O)O)C(=O)O)C5=O)nc4)cc3S(=O)(=O)[O-])c3ccc(=[N+](CC)CC)cc-3oc2c1. The lowest BCUT2D eigenvalue weighted by Gasteiger charge is -2.34. The Bertz CT molecular complexity index is 5380. The number of anilines is 3. The number of benzene rings is 4. The molecule has 6 aromatic rings. The summed E-state index contributed by atoms with van der Waals surface area (Å²) in [6.07, 6.45) is 1.24. The number of aliphatic carboxylic acids is 3. The molecule has 4 amide bonds. The maximum atomic E-state index is 14.0. The number of ketones is 2. The van der Waals surface area contributed by atoms with Gasteiger partial charge in [-0.1, -0.05) is 17.8 Å². The minimum absolute atomic E-state index is 0.0238. The van der Waals surface area contributed by atoms with Crippen molar-refractivity contribution in [2.45, 2.75) is 150 Å². The van der Waals surface area contributed by atoms with Crippen LogP contribution in [-0.2, 0) is 75.4 Å². The molecular formula is C76H94N14O20S4Si2. The number of hydrogen-bond donors (Lipinski definition) is 9. The van der Waals surface area contributed by atoms with Gasteiger partial charge in [-0.3, -0.25) is 53.0 Å². The Balaban J connectivity index is 0.711. The zero-order chi connectivity index (χ0) is 84.7. The first-order chi connectivity index (χ1) is 54.8. The molecule has 5 atom stereocenters. The molecule has 3 aliphatic rings. The summed E-state index contributed by atoms with van der Waals surface area (Å²) in [5, 5.41) is 38.9. The number of carboxylic acid groups (broad SMARTS) is 3. The second-order valence-electron chi connectivity index (χ2n) is 29.0. The second kappa shape index (κ2) is 39.2. The number of carboxylic acids is 3. The van der Waals surface area contributed by atoms with Gasteiger partial charge in [0.25, 0.3) is 11.5 Å². The molecule has 1 fully saturated rings. The number of nitrogens with zero attached hydrogens (tertiary/aromatic N) is 8. The van der Waals surface area contributed by atoms with Crippen molar-refractivity contribution in [3.05, 3.63) is 130 Å². The summed E-state index contributed by atoms with van der Waals surface area (Å²) < 4.78 is 83.4. The minimum Gasteiger partial charge on any atom is -0.744 e. The molecule has 620 valence electrons. The molecule has 2 aliphatic heterocycles. The van der Waals surface area contributed by atoms with Crippen LogP contribution in [-0.4, -0.2) is 215 Å². The number of fused-ring (bicyclic) bond motifs is 3. The number of sulfone groups is 1. The van der Waals surface area contributed by atoms with E-state index in [4.69, 9.17) is 20.0 Å². The number of Topliss-reactive ketones (excluding diaryl/α,β-unsaturated/α-hetero) is 2. The topological polar surface area (TPSA) is 523 Å². The minimum atomic E-state index is -5.27. The van der Waals surface area contributed by atoms with Crippen LogP contribution in [0.2, 0.25) is 32.2 Å². The molecule has 1 unspecified atom stereocenters. The van der Waals surface area contributed by atoms with Gasteiger partial charge >= 0.3 is 17.9 Å². The Hall–Kier alpha value is -10.2. The molecule has 0 saturated carbocycles. The number of carbonyl (C=O) groups excluding carboxylic acids is 6. The van der Waals surface area contributed by atoms with Crippen molar-refractivity contribution in [3.63, 3.8) is 0 Å². The van der Waals surface area contributed by atoms with Gasteiger partial charge < -0.3 is 60.7 Å². The van der Waals surface area contributed by atoms with E-state index < -0.39 is 174 Å². The zero-order valence-corrected chi connectivity index (χ0v) is 70.5. The van der Waals surface area contributed by atoms with E-state index in [2.05, 4.69) is 55.3 Å². The Morgan fingerprint density at radius 2 is 1.51 bits per heavy atom. The number of rotatable bonds is 43. The number of hydrogen-bond acceptors (Lipinski definition) is 28. The van der Waals surface area contributed by atoms with Gasteiger partial charge in [0.2, 0.25) is 29.0 Å². The maximum absolute atomic E-state index is 14.0. The number of amides is 4. The first kappa shape index (κ1) is 89.7. The number of aromatic amines is 1. The van der Waals surface area contributed by atoms with Crippen LogP contribution in [0.1, 0.15) is 94.3 Å². The van der Waals surface area contributed by atoms with Gasteiger partial charge in [0, 0.05) is 127 Å². The Morgan fingerprint density at radius 1 is 0.810 bits per heavy atom. The van der Waals surface area contributed by atoms with Crippen molar-refractivity contribution in [1.82, 2.24) is 50.0 Å². The highest BCUT2D eigenvalue weighted by molar-refractivity contribution is 8.01. The van der Waals surface area contributed by atoms with Crippen LogP contribution < -0.4 is 47.8 Å². The molecule has 1 saturated heterocycles.